The molecule has 1 aliphatic heterocycles. The van der Waals surface area contributed by atoms with Crippen molar-refractivity contribution in [2.24, 2.45) is 0 Å². The number of rotatable bonds is 4. The van der Waals surface area contributed by atoms with Gasteiger partial charge in [0.25, 0.3) is 0 Å². The second-order valence-electron chi connectivity index (χ2n) is 4.92. The van der Waals surface area contributed by atoms with E-state index in [-0.39, 0.29) is 0 Å². The average Bonchev–Trinajstić information content (AvgIpc) is 2.38. The van der Waals surface area contributed by atoms with Gasteiger partial charge in [-0.05, 0) is 44.0 Å². The fourth-order valence-electron chi connectivity index (χ4n) is 2.78. The Balaban J connectivity index is 2.18. The summed E-state index contributed by atoms with van der Waals surface area (Å²) >= 11 is 6.35. The van der Waals surface area contributed by atoms with Crippen LogP contribution < -0.4 is 0 Å². The fourth-order valence-corrected chi connectivity index (χ4v) is 3.05. The molecule has 1 atom stereocenters. The zero-order chi connectivity index (χ0) is 12.1. The third-order valence-corrected chi connectivity index (χ3v) is 4.00. The molecule has 1 aromatic carbocycles. The minimum atomic E-state index is 0.522. The Bertz CT molecular complexity index is 345. The van der Waals surface area contributed by atoms with Gasteiger partial charge in [0.1, 0.15) is 0 Å². The summed E-state index contributed by atoms with van der Waals surface area (Å²) in [4.78, 5) is 2.62. The number of nitrogens with zero attached hydrogens (tertiary/aromatic N) is 1. The molecular weight excluding hydrogens is 230 g/mol. The number of hydrogen-bond acceptors (Lipinski definition) is 1. The number of piperidine rings is 1. The normalized spacial score (nSPS) is 19.2. The minimum Gasteiger partial charge on any atom is -0.296 e. The molecule has 0 N–H and O–H groups in total. The number of hydrogen-bond donors (Lipinski definition) is 0. The van der Waals surface area contributed by atoms with Gasteiger partial charge in [-0.25, -0.2) is 0 Å². The van der Waals surface area contributed by atoms with Gasteiger partial charge in [0.15, 0.2) is 0 Å². The van der Waals surface area contributed by atoms with Crippen LogP contribution in [0.2, 0.25) is 5.02 Å². The Hall–Kier alpha value is -0.530. The summed E-state index contributed by atoms with van der Waals surface area (Å²) in [5, 5.41) is 0.927. The Morgan fingerprint density at radius 3 is 2.53 bits per heavy atom. The Morgan fingerprint density at radius 1 is 1.18 bits per heavy atom. The lowest BCUT2D eigenvalue weighted by atomic mass is 9.98. The van der Waals surface area contributed by atoms with Crippen molar-refractivity contribution >= 4 is 11.6 Å². The zero-order valence-electron chi connectivity index (χ0n) is 10.7. The van der Waals surface area contributed by atoms with Crippen LogP contribution in [0.3, 0.4) is 0 Å². The van der Waals surface area contributed by atoms with Gasteiger partial charge in [-0.2, -0.15) is 0 Å². The van der Waals surface area contributed by atoms with Crippen molar-refractivity contribution in [3.05, 3.63) is 34.9 Å². The number of likely N-dealkylation sites (tertiary alicyclic amines) is 1. The second-order valence-corrected chi connectivity index (χ2v) is 5.33. The van der Waals surface area contributed by atoms with Gasteiger partial charge in [-0.1, -0.05) is 49.6 Å². The Morgan fingerprint density at radius 2 is 1.88 bits per heavy atom. The highest BCUT2D eigenvalue weighted by Gasteiger charge is 2.22. The molecule has 1 aliphatic rings. The first-order chi connectivity index (χ1) is 8.33. The molecule has 1 fully saturated rings. The molecule has 94 valence electrons. The van der Waals surface area contributed by atoms with E-state index in [1.807, 2.05) is 12.1 Å². The molecule has 17 heavy (non-hydrogen) atoms. The van der Waals surface area contributed by atoms with Crippen LogP contribution in [0.25, 0.3) is 0 Å². The molecule has 2 rings (SSSR count). The van der Waals surface area contributed by atoms with Gasteiger partial charge in [0.2, 0.25) is 0 Å². The van der Waals surface area contributed by atoms with Crippen molar-refractivity contribution in [2.75, 3.05) is 13.1 Å². The Labute approximate surface area is 110 Å². The molecule has 0 bridgehead atoms. The molecule has 0 radical (unpaired) electrons. The standard InChI is InChI=1S/C15H22ClN/c1-2-8-15(17-11-6-3-7-12-17)13-9-4-5-10-14(13)16/h4-5,9-10,15H,2-3,6-8,11-12H2,1H3. The molecule has 0 aromatic heterocycles. The van der Waals surface area contributed by atoms with Crippen LogP contribution in [0.4, 0.5) is 0 Å². The van der Waals surface area contributed by atoms with Crippen LogP contribution >= 0.6 is 11.6 Å². The maximum Gasteiger partial charge on any atom is 0.0453 e. The van der Waals surface area contributed by atoms with Crippen LogP contribution in [0.15, 0.2) is 24.3 Å². The van der Waals surface area contributed by atoms with E-state index in [9.17, 15) is 0 Å². The van der Waals surface area contributed by atoms with Crippen LogP contribution in [-0.4, -0.2) is 18.0 Å². The highest BCUT2D eigenvalue weighted by atomic mass is 35.5. The predicted octanol–water partition coefficient (Wildman–Crippen LogP) is 4.67. The van der Waals surface area contributed by atoms with Crippen molar-refractivity contribution in [2.45, 2.75) is 45.1 Å². The van der Waals surface area contributed by atoms with E-state index in [1.54, 1.807) is 0 Å². The molecule has 1 saturated heterocycles. The summed E-state index contributed by atoms with van der Waals surface area (Å²) in [6.45, 7) is 4.72. The second kappa shape index (κ2) is 6.42. The largest absolute Gasteiger partial charge is 0.296 e. The lowest BCUT2D eigenvalue weighted by molar-refractivity contribution is 0.155. The molecule has 0 spiro atoms. The van der Waals surface area contributed by atoms with Crippen LogP contribution in [0, 0.1) is 0 Å². The van der Waals surface area contributed by atoms with Gasteiger partial charge in [-0.3, -0.25) is 4.90 Å². The van der Waals surface area contributed by atoms with Crippen molar-refractivity contribution in [3.63, 3.8) is 0 Å². The number of benzene rings is 1. The lowest BCUT2D eigenvalue weighted by Gasteiger charge is -2.35. The van der Waals surface area contributed by atoms with E-state index in [0.717, 1.165) is 5.02 Å². The first kappa shape index (κ1) is 12.9. The van der Waals surface area contributed by atoms with Crippen molar-refractivity contribution in [3.8, 4) is 0 Å². The molecule has 1 nitrogen and oxygen atoms in total. The van der Waals surface area contributed by atoms with Crippen molar-refractivity contribution in [1.82, 2.24) is 4.90 Å². The average molecular weight is 252 g/mol. The molecule has 1 heterocycles. The minimum absolute atomic E-state index is 0.522. The maximum atomic E-state index is 6.35. The van der Waals surface area contributed by atoms with Crippen LogP contribution in [0.5, 0.6) is 0 Å². The molecule has 0 aliphatic carbocycles. The van der Waals surface area contributed by atoms with Crippen LogP contribution in [-0.2, 0) is 0 Å². The van der Waals surface area contributed by atoms with Gasteiger partial charge in [0.05, 0.1) is 0 Å². The molecule has 2 heteroatoms. The summed E-state index contributed by atoms with van der Waals surface area (Å²) < 4.78 is 0. The van der Waals surface area contributed by atoms with E-state index in [0.29, 0.717) is 6.04 Å². The van der Waals surface area contributed by atoms with E-state index >= 15 is 0 Å². The summed E-state index contributed by atoms with van der Waals surface area (Å²) in [5.74, 6) is 0. The first-order valence-electron chi connectivity index (χ1n) is 6.81. The van der Waals surface area contributed by atoms with E-state index in [4.69, 9.17) is 11.6 Å². The van der Waals surface area contributed by atoms with Gasteiger partial charge >= 0.3 is 0 Å². The van der Waals surface area contributed by atoms with E-state index < -0.39 is 0 Å². The SMILES string of the molecule is CCCC(c1ccccc1Cl)N1CCCCC1. The molecular formula is C15H22ClN. The molecule has 0 saturated carbocycles. The topological polar surface area (TPSA) is 3.24 Å². The zero-order valence-corrected chi connectivity index (χ0v) is 11.4. The third-order valence-electron chi connectivity index (χ3n) is 3.66. The monoisotopic (exact) mass is 251 g/mol. The van der Waals surface area contributed by atoms with Crippen LogP contribution in [0.1, 0.15) is 50.6 Å². The lowest BCUT2D eigenvalue weighted by Crippen LogP contribution is -2.33. The third kappa shape index (κ3) is 3.23. The Kier molecular flexibility index (Phi) is 4.87. The molecule has 1 aromatic rings. The van der Waals surface area contributed by atoms with E-state index in [1.165, 1.54) is 50.8 Å². The first-order valence-corrected chi connectivity index (χ1v) is 7.19. The summed E-state index contributed by atoms with van der Waals surface area (Å²) in [6.07, 6.45) is 6.49. The molecule has 1 unspecified atom stereocenters. The summed E-state index contributed by atoms with van der Waals surface area (Å²) in [5.41, 5.74) is 1.32. The smallest absolute Gasteiger partial charge is 0.0453 e. The van der Waals surface area contributed by atoms with Crippen molar-refractivity contribution < 1.29 is 0 Å². The summed E-state index contributed by atoms with van der Waals surface area (Å²) in [6, 6.07) is 8.86. The number of halogens is 1. The predicted molar refractivity (Wildman–Crippen MR) is 74.5 cm³/mol. The fraction of sp³-hybridized carbons (Fsp3) is 0.600. The molecule has 0 amide bonds. The van der Waals surface area contributed by atoms with E-state index in [2.05, 4.69) is 24.0 Å². The van der Waals surface area contributed by atoms with Gasteiger partial charge in [0, 0.05) is 11.1 Å². The highest BCUT2D eigenvalue weighted by Crippen LogP contribution is 2.32. The maximum absolute atomic E-state index is 6.35. The summed E-state index contributed by atoms with van der Waals surface area (Å²) in [7, 11) is 0. The van der Waals surface area contributed by atoms with Crippen molar-refractivity contribution in [1.29, 1.82) is 0 Å². The quantitative estimate of drug-likeness (QED) is 0.752. The van der Waals surface area contributed by atoms with Gasteiger partial charge in [-0.15, -0.1) is 0 Å². The highest BCUT2D eigenvalue weighted by molar-refractivity contribution is 6.31. The van der Waals surface area contributed by atoms with Gasteiger partial charge < -0.3 is 0 Å².